The van der Waals surface area contributed by atoms with E-state index in [-0.39, 0.29) is 18.1 Å². The third-order valence-electron chi connectivity index (χ3n) is 7.58. The van der Waals surface area contributed by atoms with Crippen molar-refractivity contribution in [2.45, 2.75) is 52.0 Å². The number of aromatic amines is 1. The Morgan fingerprint density at radius 3 is 2.66 bits per heavy atom. The van der Waals surface area contributed by atoms with E-state index < -0.39 is 0 Å². The van der Waals surface area contributed by atoms with Crippen LogP contribution in [0.15, 0.2) is 29.3 Å². The van der Waals surface area contributed by atoms with Gasteiger partial charge in [-0.3, -0.25) is 9.80 Å². The fourth-order valence-electron chi connectivity index (χ4n) is 5.56. The summed E-state index contributed by atoms with van der Waals surface area (Å²) in [6.07, 6.45) is 6.47. The highest BCUT2D eigenvalue weighted by atomic mass is 35.5. The first-order valence-electron chi connectivity index (χ1n) is 14.1. The van der Waals surface area contributed by atoms with Gasteiger partial charge >= 0.3 is 6.09 Å². The van der Waals surface area contributed by atoms with Crippen molar-refractivity contribution >= 4 is 23.8 Å². The molecule has 3 aliphatic rings. The Morgan fingerprint density at radius 1 is 1.11 bits per heavy atom. The molecule has 1 amide bonds. The van der Waals surface area contributed by atoms with Crippen LogP contribution in [0.5, 0.6) is 5.75 Å². The summed E-state index contributed by atoms with van der Waals surface area (Å²) >= 11 is 6.41. The van der Waals surface area contributed by atoms with Crippen LogP contribution >= 0.6 is 11.6 Å². The fourth-order valence-corrected chi connectivity index (χ4v) is 5.76. The predicted octanol–water partition coefficient (Wildman–Crippen LogP) is 5.77. The molecule has 1 unspecified atom stereocenters. The first kappa shape index (κ1) is 27.1. The molecule has 1 fully saturated rings. The second kappa shape index (κ2) is 12.6. The number of hydrogen-bond donors (Lipinski definition) is 1. The molecular formula is C30H40ClN3O4. The number of halogens is 1. The number of morpholine rings is 1. The lowest BCUT2D eigenvalue weighted by molar-refractivity contribution is 0.0368. The van der Waals surface area contributed by atoms with Crippen molar-refractivity contribution < 1.29 is 19.0 Å². The molecule has 8 heteroatoms. The van der Waals surface area contributed by atoms with E-state index >= 15 is 0 Å². The van der Waals surface area contributed by atoms with Gasteiger partial charge in [-0.05, 0) is 79.5 Å². The molecule has 3 heterocycles. The first-order chi connectivity index (χ1) is 18.5. The van der Waals surface area contributed by atoms with Crippen LogP contribution in [0.3, 0.4) is 0 Å². The molecular weight excluding hydrogens is 502 g/mol. The molecule has 0 spiro atoms. The number of allylic oxidation sites excluding steroid dienone is 1. The van der Waals surface area contributed by atoms with E-state index in [0.29, 0.717) is 19.8 Å². The van der Waals surface area contributed by atoms with E-state index in [9.17, 15) is 4.79 Å². The number of amides is 1. The first-order valence-corrected chi connectivity index (χ1v) is 14.4. The van der Waals surface area contributed by atoms with Crippen LogP contribution < -0.4 is 4.74 Å². The van der Waals surface area contributed by atoms with Gasteiger partial charge < -0.3 is 19.2 Å². The summed E-state index contributed by atoms with van der Waals surface area (Å²) in [6, 6.07) is 7.95. The third-order valence-corrected chi connectivity index (χ3v) is 7.87. The molecule has 1 atom stereocenters. The summed E-state index contributed by atoms with van der Waals surface area (Å²) in [5.41, 5.74) is 5.78. The third kappa shape index (κ3) is 6.38. The Kier molecular flexibility index (Phi) is 8.97. The second-order valence-electron chi connectivity index (χ2n) is 10.9. The number of carbonyl (C=O) groups excluding carboxylic acids is 1. The van der Waals surface area contributed by atoms with Gasteiger partial charge in [0.25, 0.3) is 0 Å². The Bertz CT molecular complexity index is 1120. The zero-order valence-corrected chi connectivity index (χ0v) is 23.4. The van der Waals surface area contributed by atoms with Crippen molar-refractivity contribution in [1.29, 1.82) is 0 Å². The number of fused-ring (bicyclic) bond motifs is 3. The highest BCUT2D eigenvalue weighted by Crippen LogP contribution is 2.41. The predicted molar refractivity (Wildman–Crippen MR) is 150 cm³/mol. The number of nitrogens with zero attached hydrogens (tertiary/aromatic N) is 2. The number of rotatable bonds is 9. The van der Waals surface area contributed by atoms with Crippen molar-refractivity contribution in [3.63, 3.8) is 0 Å². The smallest absolute Gasteiger partial charge is 0.410 e. The summed E-state index contributed by atoms with van der Waals surface area (Å²) < 4.78 is 17.1. The zero-order valence-electron chi connectivity index (χ0n) is 22.6. The molecule has 2 aliphatic heterocycles. The molecule has 38 heavy (non-hydrogen) atoms. The lowest BCUT2D eigenvalue weighted by atomic mass is 9.90. The van der Waals surface area contributed by atoms with E-state index in [0.717, 1.165) is 87.0 Å². The summed E-state index contributed by atoms with van der Waals surface area (Å²) in [5, 5.41) is 0.890. The standard InChI is InChI=1S/C30H40ClN3O4/c1-21(2)20-38-30(35)34-13-11-25-26-19-23(31)7-10-27(26)32-28(25)29(34)22-5-8-24(9-6-22)37-16-4-3-12-33-14-17-36-18-15-33/h5-6,8-9,19,21,29,32H,3-4,7,10-18,20H2,1-2H3. The maximum atomic E-state index is 13.2. The quantitative estimate of drug-likeness (QED) is 0.408. The van der Waals surface area contributed by atoms with E-state index in [4.69, 9.17) is 25.8 Å². The van der Waals surface area contributed by atoms with Gasteiger partial charge in [-0.25, -0.2) is 4.79 Å². The lowest BCUT2D eigenvalue weighted by Crippen LogP contribution is -2.41. The molecule has 0 saturated carbocycles. The second-order valence-corrected chi connectivity index (χ2v) is 11.4. The minimum atomic E-state index is -0.268. The molecule has 1 aromatic heterocycles. The van der Waals surface area contributed by atoms with Gasteiger partial charge in [0, 0.05) is 36.1 Å². The van der Waals surface area contributed by atoms with Crippen molar-refractivity contribution in [3.8, 4) is 5.75 Å². The number of H-pyrrole nitrogens is 1. The van der Waals surface area contributed by atoms with Crippen molar-refractivity contribution in [3.05, 3.63) is 57.4 Å². The molecule has 2 aromatic rings. The fraction of sp³-hybridized carbons (Fsp3) is 0.567. The molecule has 206 valence electrons. The zero-order chi connectivity index (χ0) is 26.5. The van der Waals surface area contributed by atoms with E-state index in [1.807, 2.05) is 17.0 Å². The molecule has 5 rings (SSSR count). The number of aryl methyl sites for hydroxylation is 1. The number of hydrogen-bond acceptors (Lipinski definition) is 5. The van der Waals surface area contributed by atoms with E-state index in [2.05, 4.69) is 41.9 Å². The Balaban J connectivity index is 1.28. The summed E-state index contributed by atoms with van der Waals surface area (Å²) in [5.74, 6) is 1.14. The van der Waals surface area contributed by atoms with Crippen molar-refractivity contribution in [2.75, 3.05) is 52.6 Å². The van der Waals surface area contributed by atoms with Crippen molar-refractivity contribution in [2.24, 2.45) is 5.92 Å². The molecule has 1 aliphatic carbocycles. The maximum absolute atomic E-state index is 13.2. The topological polar surface area (TPSA) is 67.0 Å². The Morgan fingerprint density at radius 2 is 1.89 bits per heavy atom. The van der Waals surface area contributed by atoms with Gasteiger partial charge in [0.05, 0.1) is 26.4 Å². The summed E-state index contributed by atoms with van der Waals surface area (Å²) in [4.78, 5) is 21.2. The SMILES string of the molecule is CC(C)COC(=O)N1CCc2c([nH]c3c2C=C(Cl)CC3)C1c1ccc(OCCCCN2CCOCC2)cc1. The molecule has 7 nitrogen and oxygen atoms in total. The monoisotopic (exact) mass is 541 g/mol. The molecule has 0 radical (unpaired) electrons. The van der Waals surface area contributed by atoms with Gasteiger partial charge in [0.2, 0.25) is 0 Å². The molecule has 1 aromatic carbocycles. The Hall–Kier alpha value is -2.48. The number of unbranched alkanes of at least 4 members (excludes halogenated alkanes) is 1. The average molecular weight is 542 g/mol. The van der Waals surface area contributed by atoms with Crippen LogP contribution in [0.4, 0.5) is 4.79 Å². The van der Waals surface area contributed by atoms with Crippen LogP contribution in [-0.2, 0) is 22.3 Å². The highest BCUT2D eigenvalue weighted by molar-refractivity contribution is 6.31. The maximum Gasteiger partial charge on any atom is 0.410 e. The molecule has 1 saturated heterocycles. The van der Waals surface area contributed by atoms with Gasteiger partial charge in [-0.1, -0.05) is 37.6 Å². The van der Waals surface area contributed by atoms with Gasteiger partial charge in [-0.2, -0.15) is 0 Å². The average Bonchev–Trinajstić information content (AvgIpc) is 3.30. The van der Waals surface area contributed by atoms with Gasteiger partial charge in [0.1, 0.15) is 11.8 Å². The van der Waals surface area contributed by atoms with Crippen LogP contribution in [-0.4, -0.2) is 73.5 Å². The number of ether oxygens (including phenoxy) is 3. The van der Waals surface area contributed by atoms with Crippen LogP contribution in [0.2, 0.25) is 0 Å². The van der Waals surface area contributed by atoms with Crippen LogP contribution in [0.25, 0.3) is 6.08 Å². The number of nitrogens with one attached hydrogen (secondary N) is 1. The Labute approximate surface area is 231 Å². The van der Waals surface area contributed by atoms with Gasteiger partial charge in [-0.15, -0.1) is 0 Å². The highest BCUT2D eigenvalue weighted by Gasteiger charge is 2.37. The van der Waals surface area contributed by atoms with E-state index in [1.54, 1.807) is 0 Å². The largest absolute Gasteiger partial charge is 0.494 e. The lowest BCUT2D eigenvalue weighted by Gasteiger charge is -2.35. The molecule has 1 N–H and O–H groups in total. The van der Waals surface area contributed by atoms with E-state index in [1.165, 1.54) is 16.8 Å². The number of carbonyl (C=O) groups is 1. The minimum absolute atomic E-state index is 0.237. The number of aromatic nitrogens is 1. The van der Waals surface area contributed by atoms with Crippen molar-refractivity contribution in [1.82, 2.24) is 14.8 Å². The minimum Gasteiger partial charge on any atom is -0.494 e. The summed E-state index contributed by atoms with van der Waals surface area (Å²) in [7, 11) is 0. The molecule has 0 bridgehead atoms. The van der Waals surface area contributed by atoms with Gasteiger partial charge in [0.15, 0.2) is 0 Å². The van der Waals surface area contributed by atoms with Crippen LogP contribution in [0, 0.1) is 5.92 Å². The van der Waals surface area contributed by atoms with Crippen LogP contribution in [0.1, 0.15) is 67.2 Å². The number of benzene rings is 1. The summed E-state index contributed by atoms with van der Waals surface area (Å²) in [6.45, 7) is 10.6. The normalized spacial score (nSPS) is 19.6.